The van der Waals surface area contributed by atoms with Gasteiger partial charge in [0.2, 0.25) is 0 Å². The van der Waals surface area contributed by atoms with Crippen LogP contribution in [-0.4, -0.2) is 5.34 Å². The van der Waals surface area contributed by atoms with Crippen molar-refractivity contribution < 1.29 is 4.74 Å². The van der Waals surface area contributed by atoms with Crippen molar-refractivity contribution in [3.05, 3.63) is 37.1 Å². The number of hydrogen-bond acceptors (Lipinski definition) is 1. The summed E-state index contributed by atoms with van der Waals surface area (Å²) in [6.45, 7) is 11.1. The van der Waals surface area contributed by atoms with E-state index in [0.29, 0.717) is 0 Å². The van der Waals surface area contributed by atoms with Gasteiger partial charge in [0.25, 0.3) is 0 Å². The summed E-state index contributed by atoms with van der Waals surface area (Å²) < 4.78 is 5.46. The van der Waals surface area contributed by atoms with Crippen LogP contribution in [0.1, 0.15) is 13.8 Å². The van der Waals surface area contributed by atoms with Gasteiger partial charge in [-0.25, -0.2) is 0 Å². The van der Waals surface area contributed by atoms with Gasteiger partial charge in [-0.05, 0) is 26.0 Å². The molecular weight excluding hydrogens is 155 g/mol. The molecule has 0 radical (unpaired) electrons. The number of allylic oxidation sites excluding steroid dienone is 3. The molecule has 0 heterocycles. The zero-order valence-corrected chi connectivity index (χ0v) is 8.29. The van der Waals surface area contributed by atoms with Gasteiger partial charge in [0.1, 0.15) is 11.1 Å². The number of rotatable bonds is 4. The van der Waals surface area contributed by atoms with E-state index in [9.17, 15) is 0 Å². The van der Waals surface area contributed by atoms with Crippen LogP contribution in [0.2, 0.25) is 0 Å². The van der Waals surface area contributed by atoms with E-state index in [1.54, 1.807) is 18.2 Å². The fourth-order valence-corrected chi connectivity index (χ4v) is 0.700. The summed E-state index contributed by atoms with van der Waals surface area (Å²) in [5.74, 6) is 0.736. The Balaban J connectivity index is 4.20. The highest BCUT2D eigenvalue weighted by Gasteiger charge is 2.10. The first kappa shape index (κ1) is 10.4. The third-order valence-corrected chi connectivity index (χ3v) is 0.982. The second-order valence-corrected chi connectivity index (χ2v) is 4.10. The van der Waals surface area contributed by atoms with Gasteiger partial charge in [0.15, 0.2) is 0 Å². The average molecular weight is 170 g/mol. The second-order valence-electron chi connectivity index (χ2n) is 2.71. The molecule has 1 nitrogen and oxygen atoms in total. The van der Waals surface area contributed by atoms with Crippen LogP contribution in [-0.2, 0) is 4.74 Å². The summed E-state index contributed by atoms with van der Waals surface area (Å²) in [5.41, 5.74) is 0. The maximum atomic E-state index is 5.46. The Bertz CT molecular complexity index is 174. The zero-order chi connectivity index (χ0) is 8.91. The molecule has 0 aromatic carbocycles. The van der Waals surface area contributed by atoms with Crippen LogP contribution in [0.15, 0.2) is 37.1 Å². The minimum Gasteiger partial charge on any atom is -0.484 e. The van der Waals surface area contributed by atoms with E-state index in [4.69, 9.17) is 4.74 Å². The van der Waals surface area contributed by atoms with Crippen molar-refractivity contribution in [1.29, 1.82) is 0 Å². The predicted molar refractivity (Wildman–Crippen MR) is 53.4 cm³/mol. The predicted octanol–water partition coefficient (Wildman–Crippen LogP) is 2.87. The summed E-state index contributed by atoms with van der Waals surface area (Å²) in [7, 11) is 2.59. The molecule has 62 valence electrons. The molecule has 0 bridgehead atoms. The summed E-state index contributed by atoms with van der Waals surface area (Å²) >= 11 is 0. The molecule has 0 saturated heterocycles. The highest BCUT2D eigenvalue weighted by Crippen LogP contribution is 2.21. The zero-order valence-electron chi connectivity index (χ0n) is 7.13. The van der Waals surface area contributed by atoms with Gasteiger partial charge in [-0.1, -0.05) is 28.5 Å². The van der Waals surface area contributed by atoms with E-state index in [-0.39, 0.29) is 5.34 Å². The summed E-state index contributed by atoms with van der Waals surface area (Å²) in [5, 5.41) is -0.247. The van der Waals surface area contributed by atoms with Crippen LogP contribution in [0.5, 0.6) is 0 Å². The molecule has 0 amide bonds. The van der Waals surface area contributed by atoms with Gasteiger partial charge in [-0.3, -0.25) is 0 Å². The smallest absolute Gasteiger partial charge is 0.120 e. The van der Waals surface area contributed by atoms with E-state index in [0.717, 1.165) is 5.76 Å². The van der Waals surface area contributed by atoms with Crippen molar-refractivity contribution in [2.75, 3.05) is 0 Å². The van der Waals surface area contributed by atoms with Crippen LogP contribution >= 0.6 is 9.24 Å². The van der Waals surface area contributed by atoms with Crippen LogP contribution in [0.4, 0.5) is 0 Å². The van der Waals surface area contributed by atoms with Crippen LogP contribution in [0.3, 0.4) is 0 Å². The van der Waals surface area contributed by atoms with Crippen molar-refractivity contribution in [1.82, 2.24) is 0 Å². The first-order chi connectivity index (χ1) is 4.99. The molecule has 0 fully saturated rings. The third kappa shape index (κ3) is 5.87. The Morgan fingerprint density at radius 3 is 2.27 bits per heavy atom. The SMILES string of the molecule is C=C/C=C(\C=C)OC(C)(C)P. The minimum absolute atomic E-state index is 0.247. The van der Waals surface area contributed by atoms with Crippen LogP contribution < -0.4 is 0 Å². The first-order valence-corrected chi connectivity index (χ1v) is 4.00. The average Bonchev–Trinajstić information content (AvgIpc) is 1.84. The van der Waals surface area contributed by atoms with E-state index < -0.39 is 0 Å². The van der Waals surface area contributed by atoms with E-state index >= 15 is 0 Å². The van der Waals surface area contributed by atoms with Crippen molar-refractivity contribution in [3.8, 4) is 0 Å². The normalized spacial score (nSPS) is 12.5. The van der Waals surface area contributed by atoms with E-state index in [2.05, 4.69) is 22.4 Å². The lowest BCUT2D eigenvalue weighted by atomic mass is 10.4. The highest BCUT2D eigenvalue weighted by molar-refractivity contribution is 7.18. The Morgan fingerprint density at radius 2 is 2.00 bits per heavy atom. The molecule has 0 saturated carbocycles. The molecular formula is C9H15OP. The lowest BCUT2D eigenvalue weighted by Gasteiger charge is -2.21. The first-order valence-electron chi connectivity index (χ1n) is 3.42. The fourth-order valence-electron chi connectivity index (χ4n) is 0.564. The summed E-state index contributed by atoms with van der Waals surface area (Å²) in [4.78, 5) is 0. The van der Waals surface area contributed by atoms with E-state index in [1.165, 1.54) is 0 Å². The van der Waals surface area contributed by atoms with Crippen LogP contribution in [0, 0.1) is 0 Å². The molecule has 0 aliphatic rings. The van der Waals surface area contributed by atoms with Crippen molar-refractivity contribution in [2.45, 2.75) is 19.2 Å². The molecule has 0 aromatic heterocycles. The Kier molecular flexibility index (Phi) is 4.14. The Labute approximate surface area is 71.0 Å². The lowest BCUT2D eigenvalue weighted by Crippen LogP contribution is -2.13. The maximum Gasteiger partial charge on any atom is 0.120 e. The van der Waals surface area contributed by atoms with E-state index in [1.807, 2.05) is 13.8 Å². The summed E-state index contributed by atoms with van der Waals surface area (Å²) in [6, 6.07) is 0. The van der Waals surface area contributed by atoms with Crippen molar-refractivity contribution >= 4 is 9.24 Å². The fraction of sp³-hybridized carbons (Fsp3) is 0.333. The lowest BCUT2D eigenvalue weighted by molar-refractivity contribution is 0.126. The summed E-state index contributed by atoms with van der Waals surface area (Å²) in [6.07, 6.45) is 5.11. The van der Waals surface area contributed by atoms with Gasteiger partial charge >= 0.3 is 0 Å². The molecule has 0 aliphatic carbocycles. The number of ether oxygens (including phenoxy) is 1. The Morgan fingerprint density at radius 1 is 1.45 bits per heavy atom. The molecule has 0 N–H and O–H groups in total. The molecule has 11 heavy (non-hydrogen) atoms. The monoisotopic (exact) mass is 170 g/mol. The maximum absolute atomic E-state index is 5.46. The van der Waals surface area contributed by atoms with Gasteiger partial charge in [-0.15, -0.1) is 0 Å². The molecule has 0 aromatic rings. The van der Waals surface area contributed by atoms with Gasteiger partial charge in [0, 0.05) is 0 Å². The second kappa shape index (κ2) is 4.35. The number of hydrogen-bond donors (Lipinski definition) is 0. The highest BCUT2D eigenvalue weighted by atomic mass is 31.0. The van der Waals surface area contributed by atoms with Crippen LogP contribution in [0.25, 0.3) is 0 Å². The molecule has 0 rings (SSSR count). The molecule has 0 aliphatic heterocycles. The van der Waals surface area contributed by atoms with Gasteiger partial charge in [0.05, 0.1) is 0 Å². The third-order valence-electron chi connectivity index (χ3n) is 0.864. The van der Waals surface area contributed by atoms with Crippen molar-refractivity contribution in [2.24, 2.45) is 0 Å². The largest absolute Gasteiger partial charge is 0.484 e. The molecule has 0 spiro atoms. The Hall–Kier alpha value is -0.550. The molecule has 1 atom stereocenters. The van der Waals surface area contributed by atoms with Crippen molar-refractivity contribution in [3.63, 3.8) is 0 Å². The van der Waals surface area contributed by atoms with Gasteiger partial charge in [-0.2, -0.15) is 0 Å². The standard InChI is InChI=1S/C9H15OP/c1-5-7-8(6-2)10-9(3,4)11/h5-7H,1-2,11H2,3-4H3/b8-7+. The topological polar surface area (TPSA) is 9.23 Å². The molecule has 2 heteroatoms. The minimum atomic E-state index is -0.247. The quantitative estimate of drug-likeness (QED) is 0.358. The van der Waals surface area contributed by atoms with Gasteiger partial charge < -0.3 is 4.74 Å². The molecule has 1 unspecified atom stereocenters.